The third-order valence-corrected chi connectivity index (χ3v) is 5.23. The first-order valence-corrected chi connectivity index (χ1v) is 9.91. The molecule has 0 radical (unpaired) electrons. The van der Waals surface area contributed by atoms with Crippen molar-refractivity contribution in [2.75, 3.05) is 0 Å². The van der Waals surface area contributed by atoms with E-state index in [9.17, 15) is 4.79 Å². The summed E-state index contributed by atoms with van der Waals surface area (Å²) in [6.07, 6.45) is 1.74. The maximum absolute atomic E-state index is 12.4. The molecule has 6 heteroatoms. The molecule has 2 amide bonds. The van der Waals surface area contributed by atoms with Gasteiger partial charge in [-0.05, 0) is 50.1 Å². The molecule has 2 aromatic heterocycles. The van der Waals surface area contributed by atoms with E-state index < -0.39 is 5.54 Å². The summed E-state index contributed by atoms with van der Waals surface area (Å²) in [6, 6.07) is 13.5. The van der Waals surface area contributed by atoms with E-state index in [0.29, 0.717) is 6.54 Å². The zero-order valence-electron chi connectivity index (χ0n) is 16.3. The van der Waals surface area contributed by atoms with Gasteiger partial charge < -0.3 is 10.6 Å². The van der Waals surface area contributed by atoms with Gasteiger partial charge in [0.15, 0.2) is 0 Å². The smallest absolute Gasteiger partial charge is 0.315 e. The fourth-order valence-electron chi connectivity index (χ4n) is 2.75. The minimum Gasteiger partial charge on any atom is -0.332 e. The molecule has 3 rings (SSSR count). The number of benzene rings is 1. The number of hydrogen-bond acceptors (Lipinski definition) is 4. The molecule has 2 N–H and O–H groups in total. The molecule has 1 aromatic carbocycles. The molecule has 0 aliphatic heterocycles. The lowest BCUT2D eigenvalue weighted by Crippen LogP contribution is -2.46. The fourth-order valence-corrected chi connectivity index (χ4v) is 3.48. The molecule has 28 heavy (non-hydrogen) atoms. The van der Waals surface area contributed by atoms with Gasteiger partial charge in [-0.25, -0.2) is 9.78 Å². The van der Waals surface area contributed by atoms with Crippen LogP contribution in [0.3, 0.4) is 0 Å². The van der Waals surface area contributed by atoms with E-state index in [4.69, 9.17) is 0 Å². The molecule has 0 saturated heterocycles. The van der Waals surface area contributed by atoms with Gasteiger partial charge >= 0.3 is 6.03 Å². The number of aromatic nitrogens is 2. The van der Waals surface area contributed by atoms with E-state index in [1.807, 2.05) is 62.5 Å². The summed E-state index contributed by atoms with van der Waals surface area (Å²) in [6.45, 7) is 10.3. The predicted molar refractivity (Wildman–Crippen MR) is 115 cm³/mol. The summed E-state index contributed by atoms with van der Waals surface area (Å²) in [5, 5.41) is 8.70. The van der Waals surface area contributed by atoms with Crippen molar-refractivity contribution in [3.8, 4) is 11.4 Å². The second-order valence-electron chi connectivity index (χ2n) is 7.14. The molecule has 0 fully saturated rings. The standard InChI is InChI=1S/C22H24N4OS/c1-15(2)16-8-7-9-17(12-16)22(3,4)26-21(27)24-13-20-25-19(14-28-20)18-10-5-6-11-23-18/h5-12,14H,1,13H2,2-4H3,(H2,24,26,27). The first-order valence-electron chi connectivity index (χ1n) is 9.03. The van der Waals surface area contributed by atoms with Gasteiger partial charge in [-0.2, -0.15) is 0 Å². The number of nitrogens with one attached hydrogen (secondary N) is 2. The second kappa shape index (κ2) is 8.35. The lowest BCUT2D eigenvalue weighted by Gasteiger charge is -2.27. The Hall–Kier alpha value is -2.99. The van der Waals surface area contributed by atoms with Crippen LogP contribution in [0.25, 0.3) is 17.0 Å². The van der Waals surface area contributed by atoms with Gasteiger partial charge in [0.2, 0.25) is 0 Å². The van der Waals surface area contributed by atoms with Gasteiger partial charge in [0.1, 0.15) is 5.01 Å². The van der Waals surface area contributed by atoms with Crippen LogP contribution in [0.5, 0.6) is 0 Å². The third kappa shape index (κ3) is 4.84. The van der Waals surface area contributed by atoms with E-state index in [1.165, 1.54) is 11.3 Å². The van der Waals surface area contributed by atoms with Gasteiger partial charge in [0, 0.05) is 11.6 Å². The topological polar surface area (TPSA) is 66.9 Å². The molecule has 0 spiro atoms. The van der Waals surface area contributed by atoms with Crippen LogP contribution in [0.4, 0.5) is 4.79 Å². The number of urea groups is 1. The third-order valence-electron chi connectivity index (χ3n) is 4.38. The Labute approximate surface area is 169 Å². The Bertz CT molecular complexity index is 979. The first kappa shape index (κ1) is 19.8. The number of allylic oxidation sites excluding steroid dienone is 1. The number of nitrogens with zero attached hydrogens (tertiary/aromatic N) is 2. The molecule has 0 aliphatic carbocycles. The maximum atomic E-state index is 12.4. The molecular formula is C22H24N4OS. The number of thiazole rings is 1. The minimum absolute atomic E-state index is 0.236. The fraction of sp³-hybridized carbons (Fsp3) is 0.227. The monoisotopic (exact) mass is 392 g/mol. The molecule has 2 heterocycles. The van der Waals surface area contributed by atoms with Crippen molar-refractivity contribution < 1.29 is 4.79 Å². The van der Waals surface area contributed by atoms with Crippen LogP contribution in [0.1, 0.15) is 36.9 Å². The van der Waals surface area contributed by atoms with Crippen molar-refractivity contribution in [1.29, 1.82) is 0 Å². The molecule has 0 saturated carbocycles. The molecule has 0 atom stereocenters. The van der Waals surface area contributed by atoms with Gasteiger partial charge in [-0.3, -0.25) is 4.98 Å². The zero-order valence-corrected chi connectivity index (χ0v) is 17.1. The van der Waals surface area contributed by atoms with Gasteiger partial charge in [-0.15, -0.1) is 11.3 Å². The summed E-state index contributed by atoms with van der Waals surface area (Å²) in [7, 11) is 0. The van der Waals surface area contributed by atoms with E-state index in [0.717, 1.165) is 33.1 Å². The van der Waals surface area contributed by atoms with Crippen LogP contribution < -0.4 is 10.6 Å². The van der Waals surface area contributed by atoms with Crippen molar-refractivity contribution in [3.63, 3.8) is 0 Å². The number of amides is 2. The van der Waals surface area contributed by atoms with Gasteiger partial charge in [0.25, 0.3) is 0 Å². The molecule has 3 aromatic rings. The maximum Gasteiger partial charge on any atom is 0.315 e. The summed E-state index contributed by atoms with van der Waals surface area (Å²) in [5.74, 6) is 0. The van der Waals surface area contributed by atoms with E-state index in [1.54, 1.807) is 6.20 Å². The summed E-state index contributed by atoms with van der Waals surface area (Å²) >= 11 is 1.50. The van der Waals surface area contributed by atoms with Crippen LogP contribution in [0.15, 0.2) is 60.6 Å². The van der Waals surface area contributed by atoms with Crippen molar-refractivity contribution in [3.05, 3.63) is 76.8 Å². The molecule has 0 unspecified atom stereocenters. The highest BCUT2D eigenvalue weighted by atomic mass is 32.1. The van der Waals surface area contributed by atoms with Crippen LogP contribution in [0.2, 0.25) is 0 Å². The Balaban J connectivity index is 1.60. The van der Waals surface area contributed by atoms with Gasteiger partial charge in [-0.1, -0.05) is 36.4 Å². The van der Waals surface area contributed by atoms with Crippen LogP contribution >= 0.6 is 11.3 Å². The number of hydrogen-bond donors (Lipinski definition) is 2. The average molecular weight is 393 g/mol. The Kier molecular flexibility index (Phi) is 5.90. The highest BCUT2D eigenvalue weighted by Gasteiger charge is 2.23. The van der Waals surface area contributed by atoms with Crippen molar-refractivity contribution >= 4 is 22.9 Å². The van der Waals surface area contributed by atoms with Crippen molar-refractivity contribution in [2.24, 2.45) is 0 Å². The minimum atomic E-state index is -0.516. The summed E-state index contributed by atoms with van der Waals surface area (Å²) in [4.78, 5) is 21.3. The van der Waals surface area contributed by atoms with Gasteiger partial charge in [0.05, 0.1) is 23.5 Å². The molecule has 0 bridgehead atoms. The molecule has 5 nitrogen and oxygen atoms in total. The zero-order chi connectivity index (χ0) is 20.1. The molecule has 0 aliphatic rings. The summed E-state index contributed by atoms with van der Waals surface area (Å²) < 4.78 is 0. The van der Waals surface area contributed by atoms with Crippen molar-refractivity contribution in [2.45, 2.75) is 32.9 Å². The Morgan fingerprint density at radius 1 is 1.18 bits per heavy atom. The molecular weight excluding hydrogens is 368 g/mol. The van der Waals surface area contributed by atoms with Crippen LogP contribution in [0, 0.1) is 0 Å². The Morgan fingerprint density at radius 2 is 2.00 bits per heavy atom. The average Bonchev–Trinajstić information content (AvgIpc) is 3.16. The highest BCUT2D eigenvalue weighted by Crippen LogP contribution is 2.24. The van der Waals surface area contributed by atoms with Crippen LogP contribution in [-0.2, 0) is 12.1 Å². The van der Waals surface area contributed by atoms with Crippen molar-refractivity contribution in [1.82, 2.24) is 20.6 Å². The van der Waals surface area contributed by atoms with E-state index in [-0.39, 0.29) is 6.03 Å². The number of carbonyl (C=O) groups excluding carboxylic acids is 1. The Morgan fingerprint density at radius 3 is 2.71 bits per heavy atom. The first-order chi connectivity index (χ1) is 13.3. The quantitative estimate of drug-likeness (QED) is 0.622. The second-order valence-corrected chi connectivity index (χ2v) is 8.08. The predicted octanol–water partition coefficient (Wildman–Crippen LogP) is 4.97. The largest absolute Gasteiger partial charge is 0.332 e. The normalized spacial score (nSPS) is 11.1. The SMILES string of the molecule is C=C(C)c1cccc(C(C)(C)NC(=O)NCc2nc(-c3ccccn3)cs2)c1. The summed E-state index contributed by atoms with van der Waals surface area (Å²) in [5.41, 5.74) is 4.21. The molecule has 144 valence electrons. The van der Waals surface area contributed by atoms with E-state index >= 15 is 0 Å². The highest BCUT2D eigenvalue weighted by molar-refractivity contribution is 7.09. The van der Waals surface area contributed by atoms with Crippen LogP contribution in [-0.4, -0.2) is 16.0 Å². The lowest BCUT2D eigenvalue weighted by molar-refractivity contribution is 0.229. The lowest BCUT2D eigenvalue weighted by atomic mass is 9.92. The number of pyridine rings is 1. The number of carbonyl (C=O) groups is 1. The van der Waals surface area contributed by atoms with E-state index in [2.05, 4.69) is 33.2 Å². The number of rotatable bonds is 6.